The molecule has 1 aromatic heterocycles. The number of rotatable bonds is 3. The normalized spacial score (nSPS) is 16.1. The van der Waals surface area contributed by atoms with Crippen molar-refractivity contribution in [2.75, 3.05) is 0 Å². The SMILES string of the molecule is C=C/C(c1ccc(C)cc1)=c1/sc2ccccc2/c1=C/C.CC.Cc1ccc(C2C=CCCCC2)cc1. The fraction of sp³-hybridized carbons (Fsp3) is 0.278. The number of allylic oxidation sites excluding steroid dienone is 3. The molecule has 0 N–H and O–H groups in total. The lowest BCUT2D eigenvalue weighted by Gasteiger charge is -2.11. The van der Waals surface area contributed by atoms with Crippen LogP contribution in [0.2, 0.25) is 0 Å². The van der Waals surface area contributed by atoms with Gasteiger partial charge < -0.3 is 0 Å². The highest BCUT2D eigenvalue weighted by Gasteiger charge is 2.09. The predicted molar refractivity (Wildman–Crippen MR) is 168 cm³/mol. The van der Waals surface area contributed by atoms with Gasteiger partial charge in [-0.2, -0.15) is 0 Å². The number of aryl methyl sites for hydroxylation is 2. The summed E-state index contributed by atoms with van der Waals surface area (Å²) in [5.74, 6) is 0.665. The van der Waals surface area contributed by atoms with E-state index in [-0.39, 0.29) is 0 Å². The molecule has 3 aromatic carbocycles. The van der Waals surface area contributed by atoms with Gasteiger partial charge in [-0.3, -0.25) is 0 Å². The van der Waals surface area contributed by atoms with Crippen molar-refractivity contribution in [2.45, 2.75) is 66.2 Å². The lowest BCUT2D eigenvalue weighted by molar-refractivity contribution is 0.664. The Kier molecular flexibility index (Phi) is 11.2. The van der Waals surface area contributed by atoms with Gasteiger partial charge in [-0.15, -0.1) is 11.3 Å². The van der Waals surface area contributed by atoms with Crippen LogP contribution in [-0.4, -0.2) is 0 Å². The van der Waals surface area contributed by atoms with Crippen molar-refractivity contribution in [3.63, 3.8) is 0 Å². The smallest absolute Gasteiger partial charge is 0.0430 e. The van der Waals surface area contributed by atoms with Crippen molar-refractivity contribution in [1.29, 1.82) is 0 Å². The Morgan fingerprint density at radius 1 is 0.865 bits per heavy atom. The van der Waals surface area contributed by atoms with E-state index in [0.717, 1.165) is 0 Å². The van der Waals surface area contributed by atoms with Crippen molar-refractivity contribution >= 4 is 33.1 Å². The molecule has 4 aromatic rings. The minimum Gasteiger partial charge on any atom is -0.135 e. The topological polar surface area (TPSA) is 0 Å². The Labute approximate surface area is 228 Å². The van der Waals surface area contributed by atoms with Crippen molar-refractivity contribution in [2.24, 2.45) is 0 Å². The van der Waals surface area contributed by atoms with Crippen LogP contribution in [0.1, 0.15) is 74.6 Å². The van der Waals surface area contributed by atoms with Crippen LogP contribution in [0.4, 0.5) is 0 Å². The average molecular weight is 507 g/mol. The lowest BCUT2D eigenvalue weighted by atomic mass is 9.94. The monoisotopic (exact) mass is 506 g/mol. The molecule has 1 heteroatoms. The lowest BCUT2D eigenvalue weighted by Crippen LogP contribution is -2.21. The van der Waals surface area contributed by atoms with E-state index < -0.39 is 0 Å². The van der Waals surface area contributed by atoms with Gasteiger partial charge >= 0.3 is 0 Å². The zero-order valence-corrected chi connectivity index (χ0v) is 24.1. The molecule has 0 saturated heterocycles. The van der Waals surface area contributed by atoms with Gasteiger partial charge in [0.15, 0.2) is 0 Å². The van der Waals surface area contributed by atoms with E-state index in [2.05, 4.69) is 118 Å². The van der Waals surface area contributed by atoms with Crippen LogP contribution in [0.25, 0.3) is 21.7 Å². The van der Waals surface area contributed by atoms with E-state index in [0.29, 0.717) is 5.92 Å². The van der Waals surface area contributed by atoms with Gasteiger partial charge in [-0.1, -0.05) is 129 Å². The zero-order chi connectivity index (χ0) is 26.6. The summed E-state index contributed by atoms with van der Waals surface area (Å²) in [5.41, 5.74) is 6.55. The molecular weight excluding hydrogens is 464 g/mol. The Hall–Kier alpha value is -3.16. The molecule has 0 spiro atoms. The molecule has 37 heavy (non-hydrogen) atoms. The van der Waals surface area contributed by atoms with Gasteiger partial charge in [0.05, 0.1) is 0 Å². The first-order chi connectivity index (χ1) is 18.1. The zero-order valence-electron chi connectivity index (χ0n) is 23.3. The molecule has 0 amide bonds. The first-order valence-electron chi connectivity index (χ1n) is 13.7. The molecule has 0 radical (unpaired) electrons. The second-order valence-corrected chi connectivity index (χ2v) is 10.4. The maximum atomic E-state index is 4.04. The highest BCUT2D eigenvalue weighted by molar-refractivity contribution is 7.17. The van der Waals surface area contributed by atoms with E-state index in [9.17, 15) is 0 Å². The highest BCUT2D eigenvalue weighted by atomic mass is 32.1. The van der Waals surface area contributed by atoms with Crippen LogP contribution in [0.3, 0.4) is 0 Å². The maximum Gasteiger partial charge on any atom is 0.0430 e. The molecule has 1 heterocycles. The summed E-state index contributed by atoms with van der Waals surface area (Å²) in [7, 11) is 0. The first-order valence-corrected chi connectivity index (χ1v) is 14.5. The second-order valence-electron chi connectivity index (χ2n) is 9.34. The van der Waals surface area contributed by atoms with Gasteiger partial charge in [0, 0.05) is 15.2 Å². The van der Waals surface area contributed by atoms with Crippen molar-refractivity contribution < 1.29 is 0 Å². The molecule has 1 aliphatic carbocycles. The number of fused-ring (bicyclic) bond motifs is 1. The molecule has 0 bridgehead atoms. The molecule has 192 valence electrons. The van der Waals surface area contributed by atoms with Crippen LogP contribution in [-0.2, 0) is 0 Å². The summed E-state index contributed by atoms with van der Waals surface area (Å²) < 4.78 is 2.63. The van der Waals surface area contributed by atoms with Crippen LogP contribution in [0.5, 0.6) is 0 Å². The minimum absolute atomic E-state index is 0.665. The van der Waals surface area contributed by atoms with Crippen LogP contribution < -0.4 is 9.75 Å². The van der Waals surface area contributed by atoms with Crippen LogP contribution in [0, 0.1) is 13.8 Å². The number of hydrogen-bond acceptors (Lipinski definition) is 1. The van der Waals surface area contributed by atoms with Crippen LogP contribution >= 0.6 is 11.3 Å². The quantitative estimate of drug-likeness (QED) is 0.243. The van der Waals surface area contributed by atoms with Crippen LogP contribution in [0.15, 0.2) is 97.6 Å². The van der Waals surface area contributed by atoms with Gasteiger partial charge in [0.1, 0.15) is 0 Å². The third kappa shape index (κ3) is 7.43. The number of thiophene rings is 1. The Balaban J connectivity index is 0.000000207. The highest BCUT2D eigenvalue weighted by Crippen LogP contribution is 2.27. The third-order valence-corrected chi connectivity index (χ3v) is 7.96. The van der Waals surface area contributed by atoms with Gasteiger partial charge in [0.25, 0.3) is 0 Å². The standard InChI is InChI=1S/C20H18S.C14H18.C2H6/c1-4-16(15-12-10-14(3)11-13-15)20-17(5-2)18-8-6-7-9-19(18)21-20;1-12-8-10-14(11-9-12)13-6-4-2-3-5-7-13;1-2/h4-13H,1H2,2-3H3;4,6,8-11,13H,2-3,5,7H2,1H3;1-2H3/b17-5-,20-16-;;. The van der Waals surface area contributed by atoms with E-state index in [1.54, 1.807) is 0 Å². The fourth-order valence-electron chi connectivity index (χ4n) is 4.70. The molecule has 1 atom stereocenters. The fourth-order valence-corrected chi connectivity index (χ4v) is 6.00. The predicted octanol–water partition coefficient (Wildman–Crippen LogP) is 9.63. The Bertz CT molecular complexity index is 1410. The van der Waals surface area contributed by atoms with Crippen molar-refractivity contribution in [1.82, 2.24) is 0 Å². The summed E-state index contributed by atoms with van der Waals surface area (Å²) in [4.78, 5) is 0. The molecule has 0 aliphatic heterocycles. The summed E-state index contributed by atoms with van der Waals surface area (Å²) in [6.45, 7) is 14.4. The minimum atomic E-state index is 0.665. The molecule has 1 unspecified atom stereocenters. The largest absolute Gasteiger partial charge is 0.135 e. The first kappa shape index (κ1) is 28.4. The van der Waals surface area contributed by atoms with Crippen molar-refractivity contribution in [3.05, 3.63) is 130 Å². The number of benzene rings is 3. The number of hydrogen-bond donors (Lipinski definition) is 0. The summed E-state index contributed by atoms with van der Waals surface area (Å²) in [5, 5.41) is 2.64. The van der Waals surface area contributed by atoms with Crippen molar-refractivity contribution in [3.8, 4) is 0 Å². The van der Waals surface area contributed by atoms with Gasteiger partial charge in [0.2, 0.25) is 0 Å². The third-order valence-electron chi connectivity index (χ3n) is 6.74. The van der Waals surface area contributed by atoms with E-state index >= 15 is 0 Å². The second kappa shape index (κ2) is 14.5. The van der Waals surface area contributed by atoms with Gasteiger partial charge in [-0.05, 0) is 73.4 Å². The molecule has 0 nitrogen and oxygen atoms in total. The summed E-state index contributed by atoms with van der Waals surface area (Å²) in [6.07, 6.45) is 14.2. The summed E-state index contributed by atoms with van der Waals surface area (Å²) >= 11 is 1.84. The molecule has 5 rings (SSSR count). The molecular formula is C36H42S. The van der Waals surface area contributed by atoms with E-state index in [1.165, 1.54) is 73.3 Å². The Morgan fingerprint density at radius 3 is 2.16 bits per heavy atom. The average Bonchev–Trinajstić information content (AvgIpc) is 3.09. The maximum absolute atomic E-state index is 4.04. The van der Waals surface area contributed by atoms with E-state index in [1.807, 2.05) is 31.3 Å². The van der Waals surface area contributed by atoms with E-state index in [4.69, 9.17) is 0 Å². The molecule has 0 fully saturated rings. The molecule has 1 aliphatic rings. The summed E-state index contributed by atoms with van der Waals surface area (Å²) in [6, 6.07) is 26.2. The molecule has 0 saturated carbocycles. The van der Waals surface area contributed by atoms with Gasteiger partial charge in [-0.25, -0.2) is 0 Å². The Morgan fingerprint density at radius 2 is 1.51 bits per heavy atom.